The van der Waals surface area contributed by atoms with Crippen LogP contribution in [0.25, 0.3) is 0 Å². The number of aromatic nitrogens is 4. The van der Waals surface area contributed by atoms with E-state index in [0.717, 1.165) is 36.2 Å². The number of hydrogen-bond acceptors (Lipinski definition) is 4. The molecule has 0 amide bonds. The molecule has 1 fully saturated rings. The Bertz CT molecular complexity index is 858. The summed E-state index contributed by atoms with van der Waals surface area (Å²) in [5.74, 6) is 0. The van der Waals surface area contributed by atoms with Crippen LogP contribution in [0.5, 0.6) is 0 Å². The smallest absolute Gasteiger partial charge is 0.0604 e. The van der Waals surface area contributed by atoms with Gasteiger partial charge >= 0.3 is 0 Å². The lowest BCUT2D eigenvalue weighted by molar-refractivity contribution is 0.109. The molecule has 0 bridgehead atoms. The van der Waals surface area contributed by atoms with Gasteiger partial charge in [0.25, 0.3) is 0 Å². The van der Waals surface area contributed by atoms with Crippen LogP contribution in [-0.4, -0.2) is 32.1 Å². The van der Waals surface area contributed by atoms with Crippen molar-refractivity contribution in [2.45, 2.75) is 44.7 Å². The van der Waals surface area contributed by atoms with Crippen molar-refractivity contribution < 1.29 is 0 Å². The minimum Gasteiger partial charge on any atom is -0.289 e. The molecule has 0 radical (unpaired) electrons. The Balaban J connectivity index is 1.58. The Morgan fingerprint density at radius 1 is 1.15 bits per heavy atom. The fraction of sp³-hybridized carbons (Fsp3) is 0.381. The zero-order chi connectivity index (χ0) is 17.9. The number of nitrogens with zero attached hydrogens (tertiary/aromatic N) is 4. The first kappa shape index (κ1) is 16.9. The van der Waals surface area contributed by atoms with Gasteiger partial charge in [0.15, 0.2) is 0 Å². The van der Waals surface area contributed by atoms with Gasteiger partial charge in [-0.15, -0.1) is 0 Å². The quantitative estimate of drug-likeness (QED) is 0.775. The highest BCUT2D eigenvalue weighted by Crippen LogP contribution is 2.39. The van der Waals surface area contributed by atoms with Crippen LogP contribution < -0.4 is 0 Å². The van der Waals surface area contributed by atoms with Gasteiger partial charge in [0.1, 0.15) is 0 Å². The molecule has 1 saturated heterocycles. The number of H-pyrrole nitrogens is 1. The van der Waals surface area contributed by atoms with Gasteiger partial charge < -0.3 is 0 Å². The van der Waals surface area contributed by atoms with E-state index in [1.54, 1.807) is 0 Å². The van der Waals surface area contributed by atoms with E-state index >= 15 is 0 Å². The Morgan fingerprint density at radius 2 is 2.04 bits per heavy atom. The van der Waals surface area contributed by atoms with E-state index in [0.29, 0.717) is 12.1 Å². The van der Waals surface area contributed by atoms with Crippen LogP contribution in [0.2, 0.25) is 0 Å². The van der Waals surface area contributed by atoms with Crippen LogP contribution in [-0.2, 0) is 6.42 Å². The van der Waals surface area contributed by atoms with Gasteiger partial charge in [-0.1, -0.05) is 12.1 Å². The molecular weight excluding hydrogens is 322 g/mol. The third-order valence-corrected chi connectivity index (χ3v) is 5.41. The number of pyridine rings is 2. The second-order valence-corrected chi connectivity index (χ2v) is 7.17. The summed E-state index contributed by atoms with van der Waals surface area (Å²) in [6, 6.07) is 11.2. The summed E-state index contributed by atoms with van der Waals surface area (Å²) in [4.78, 5) is 12.1. The summed E-state index contributed by atoms with van der Waals surface area (Å²) >= 11 is 0. The monoisotopic (exact) mass is 347 g/mol. The zero-order valence-electron chi connectivity index (χ0n) is 15.4. The first-order chi connectivity index (χ1) is 12.7. The minimum atomic E-state index is 0.333. The molecular formula is C21H25N5. The van der Waals surface area contributed by atoms with E-state index in [1.807, 2.05) is 24.7 Å². The summed E-state index contributed by atoms with van der Waals surface area (Å²) < 4.78 is 0. The van der Waals surface area contributed by atoms with Gasteiger partial charge in [0, 0.05) is 24.5 Å². The molecule has 1 N–H and O–H groups in total. The molecule has 134 valence electrons. The molecule has 0 spiro atoms. The Labute approximate surface area is 154 Å². The Kier molecular flexibility index (Phi) is 4.80. The van der Waals surface area contributed by atoms with Crippen molar-refractivity contribution in [1.29, 1.82) is 0 Å². The number of aryl methyl sites for hydroxylation is 1. The molecule has 3 aromatic heterocycles. The maximum atomic E-state index is 4.97. The molecule has 5 nitrogen and oxygen atoms in total. The number of rotatable bonds is 4. The summed E-state index contributed by atoms with van der Waals surface area (Å²) in [6.07, 6.45) is 10.00. The van der Waals surface area contributed by atoms with Crippen LogP contribution in [0.4, 0.5) is 0 Å². The van der Waals surface area contributed by atoms with Gasteiger partial charge in [0.2, 0.25) is 0 Å². The SMILES string of the molecule is Cc1cccnc1[C@@H]1CCC[C@H](c2cccc(Cc3cn[nH]c3)n2)N1C. The van der Waals surface area contributed by atoms with E-state index in [9.17, 15) is 0 Å². The maximum absolute atomic E-state index is 4.97. The summed E-state index contributed by atoms with van der Waals surface area (Å²) in [5.41, 5.74) is 5.88. The second-order valence-electron chi connectivity index (χ2n) is 7.17. The van der Waals surface area contributed by atoms with Crippen molar-refractivity contribution in [2.24, 2.45) is 0 Å². The normalized spacial score (nSPS) is 21.0. The van der Waals surface area contributed by atoms with Crippen LogP contribution in [0.15, 0.2) is 48.9 Å². The van der Waals surface area contributed by atoms with Crippen LogP contribution in [0.1, 0.15) is 59.6 Å². The highest BCUT2D eigenvalue weighted by Gasteiger charge is 2.31. The van der Waals surface area contributed by atoms with E-state index in [2.05, 4.69) is 58.3 Å². The lowest BCUT2D eigenvalue weighted by Gasteiger charge is -2.39. The molecule has 1 aliphatic rings. The molecule has 0 saturated carbocycles. The third-order valence-electron chi connectivity index (χ3n) is 5.41. The maximum Gasteiger partial charge on any atom is 0.0604 e. The van der Waals surface area contributed by atoms with Crippen LogP contribution in [0, 0.1) is 6.92 Å². The van der Waals surface area contributed by atoms with Crippen molar-refractivity contribution in [3.05, 3.63) is 77.1 Å². The molecule has 0 aliphatic carbocycles. The number of aromatic amines is 1. The van der Waals surface area contributed by atoms with E-state index in [1.165, 1.54) is 17.7 Å². The lowest BCUT2D eigenvalue weighted by Crippen LogP contribution is -2.34. The first-order valence-corrected chi connectivity index (χ1v) is 9.29. The highest BCUT2D eigenvalue weighted by molar-refractivity contribution is 5.24. The van der Waals surface area contributed by atoms with E-state index in [4.69, 9.17) is 4.98 Å². The van der Waals surface area contributed by atoms with Crippen LogP contribution >= 0.6 is 0 Å². The number of likely N-dealkylation sites (tertiary alicyclic amines) is 1. The van der Waals surface area contributed by atoms with Gasteiger partial charge in [0.05, 0.1) is 29.7 Å². The average Bonchev–Trinajstić information content (AvgIpc) is 3.16. The number of piperidine rings is 1. The summed E-state index contributed by atoms with van der Waals surface area (Å²) in [6.45, 7) is 2.16. The fourth-order valence-corrected chi connectivity index (χ4v) is 4.03. The molecule has 26 heavy (non-hydrogen) atoms. The highest BCUT2D eigenvalue weighted by atomic mass is 15.2. The molecule has 5 heteroatoms. The van der Waals surface area contributed by atoms with Crippen molar-refractivity contribution >= 4 is 0 Å². The zero-order valence-corrected chi connectivity index (χ0v) is 15.4. The lowest BCUT2D eigenvalue weighted by atomic mass is 9.90. The van der Waals surface area contributed by atoms with Crippen LogP contribution in [0.3, 0.4) is 0 Å². The van der Waals surface area contributed by atoms with E-state index < -0.39 is 0 Å². The van der Waals surface area contributed by atoms with Crippen molar-refractivity contribution in [2.75, 3.05) is 7.05 Å². The van der Waals surface area contributed by atoms with E-state index in [-0.39, 0.29) is 0 Å². The molecule has 4 heterocycles. The molecule has 1 aliphatic heterocycles. The predicted molar refractivity (Wildman–Crippen MR) is 102 cm³/mol. The molecule has 4 rings (SSSR count). The van der Waals surface area contributed by atoms with Gasteiger partial charge in [-0.25, -0.2) is 0 Å². The number of nitrogens with one attached hydrogen (secondary N) is 1. The molecule has 3 aromatic rings. The first-order valence-electron chi connectivity index (χ1n) is 9.29. The number of hydrogen-bond donors (Lipinski definition) is 1. The summed E-state index contributed by atoms with van der Waals surface area (Å²) in [5, 5.41) is 6.90. The predicted octanol–water partition coefficient (Wildman–Crippen LogP) is 4.00. The third kappa shape index (κ3) is 3.40. The molecule has 2 atom stereocenters. The van der Waals surface area contributed by atoms with Crippen molar-refractivity contribution in [3.63, 3.8) is 0 Å². The Hall–Kier alpha value is -2.53. The molecule has 0 aromatic carbocycles. The Morgan fingerprint density at radius 3 is 2.85 bits per heavy atom. The average molecular weight is 347 g/mol. The minimum absolute atomic E-state index is 0.333. The molecule has 0 unspecified atom stereocenters. The van der Waals surface area contributed by atoms with Crippen molar-refractivity contribution in [1.82, 2.24) is 25.1 Å². The van der Waals surface area contributed by atoms with Gasteiger partial charge in [-0.2, -0.15) is 5.10 Å². The van der Waals surface area contributed by atoms with Gasteiger partial charge in [-0.3, -0.25) is 20.0 Å². The van der Waals surface area contributed by atoms with Crippen molar-refractivity contribution in [3.8, 4) is 0 Å². The van der Waals surface area contributed by atoms with Gasteiger partial charge in [-0.05, 0) is 62.6 Å². The topological polar surface area (TPSA) is 57.7 Å². The second kappa shape index (κ2) is 7.38. The fourth-order valence-electron chi connectivity index (χ4n) is 4.03. The standard InChI is InChI=1S/C21H25N5/c1-15-6-5-11-22-21(15)20-10-4-9-19(26(20)2)18-8-3-7-17(25-18)12-16-13-23-24-14-16/h3,5-8,11,13-14,19-20H,4,9-10,12H2,1-2H3,(H,23,24)/t19-,20+/m1/s1. The largest absolute Gasteiger partial charge is 0.289 e. The summed E-state index contributed by atoms with van der Waals surface area (Å²) in [7, 11) is 2.22.